The van der Waals surface area contributed by atoms with Gasteiger partial charge in [-0.25, -0.2) is 4.98 Å². The molecule has 0 fully saturated rings. The van der Waals surface area contributed by atoms with Crippen molar-refractivity contribution in [1.82, 2.24) is 9.55 Å². The van der Waals surface area contributed by atoms with Crippen molar-refractivity contribution in [2.75, 3.05) is 5.73 Å². The van der Waals surface area contributed by atoms with E-state index in [9.17, 15) is 0 Å². The van der Waals surface area contributed by atoms with Crippen molar-refractivity contribution in [3.8, 4) is 17.3 Å². The highest BCUT2D eigenvalue weighted by atomic mass is 15.1. The quantitative estimate of drug-likeness (QED) is 0.875. The van der Waals surface area contributed by atoms with Crippen LogP contribution in [0.4, 0.5) is 5.82 Å². The number of benzene rings is 1. The second kappa shape index (κ2) is 5.45. The monoisotopic (exact) mass is 280 g/mol. The maximum absolute atomic E-state index is 9.03. The normalized spacial score (nSPS) is 11.1. The van der Waals surface area contributed by atoms with Crippen LogP contribution in [0.5, 0.6) is 0 Å². The van der Waals surface area contributed by atoms with Gasteiger partial charge >= 0.3 is 0 Å². The molecule has 2 rings (SSSR count). The summed E-state index contributed by atoms with van der Waals surface area (Å²) in [5.41, 5.74) is 8.34. The van der Waals surface area contributed by atoms with Crippen molar-refractivity contribution in [2.45, 2.75) is 32.7 Å². The lowest BCUT2D eigenvalue weighted by molar-refractivity contribution is 0.515. The van der Waals surface area contributed by atoms with Gasteiger partial charge in [0.15, 0.2) is 0 Å². The molecular formula is C17H20N4. The first-order valence-corrected chi connectivity index (χ1v) is 6.86. The molecule has 0 saturated heterocycles. The second-order valence-electron chi connectivity index (χ2n) is 6.01. The van der Waals surface area contributed by atoms with Gasteiger partial charge in [0.25, 0.3) is 0 Å². The number of aromatic nitrogens is 2. The van der Waals surface area contributed by atoms with Gasteiger partial charge in [-0.2, -0.15) is 5.26 Å². The van der Waals surface area contributed by atoms with Crippen molar-refractivity contribution in [3.05, 3.63) is 48.3 Å². The van der Waals surface area contributed by atoms with Gasteiger partial charge in [0.2, 0.25) is 0 Å². The smallest absolute Gasteiger partial charge is 0.132 e. The fourth-order valence-corrected chi connectivity index (χ4v) is 2.30. The summed E-state index contributed by atoms with van der Waals surface area (Å²) in [4.78, 5) is 4.73. The third kappa shape index (κ3) is 2.82. The Morgan fingerprint density at radius 1 is 1.43 bits per heavy atom. The topological polar surface area (TPSA) is 67.6 Å². The van der Waals surface area contributed by atoms with Gasteiger partial charge in [0.05, 0.1) is 11.6 Å². The Morgan fingerprint density at radius 3 is 2.71 bits per heavy atom. The molecule has 0 atom stereocenters. The van der Waals surface area contributed by atoms with E-state index in [1.807, 2.05) is 28.8 Å². The molecule has 0 spiro atoms. The van der Waals surface area contributed by atoms with E-state index in [1.165, 1.54) is 0 Å². The Balaban J connectivity index is 2.65. The van der Waals surface area contributed by atoms with Crippen molar-refractivity contribution >= 4 is 5.82 Å². The minimum absolute atomic E-state index is 0.123. The van der Waals surface area contributed by atoms with Crippen LogP contribution in [0.25, 0.3) is 11.3 Å². The van der Waals surface area contributed by atoms with Crippen molar-refractivity contribution in [3.63, 3.8) is 0 Å². The zero-order chi connectivity index (χ0) is 15.6. The molecule has 1 aromatic carbocycles. The Labute approximate surface area is 125 Å². The van der Waals surface area contributed by atoms with Crippen LogP contribution in [-0.2, 0) is 12.0 Å². The molecule has 1 heterocycles. The minimum atomic E-state index is -0.123. The summed E-state index contributed by atoms with van der Waals surface area (Å²) in [7, 11) is 0. The first kappa shape index (κ1) is 14.9. The molecule has 0 bridgehead atoms. The molecule has 0 radical (unpaired) electrons. The molecular weight excluding hydrogens is 260 g/mol. The number of imidazole rings is 1. The number of allylic oxidation sites excluding steroid dienone is 1. The van der Waals surface area contributed by atoms with Crippen LogP contribution in [0.1, 0.15) is 32.2 Å². The Kier molecular flexibility index (Phi) is 3.86. The van der Waals surface area contributed by atoms with Crippen LogP contribution in [0.2, 0.25) is 0 Å². The number of anilines is 1. The van der Waals surface area contributed by atoms with Gasteiger partial charge in [-0.15, -0.1) is 6.58 Å². The highest BCUT2D eigenvalue weighted by molar-refractivity contribution is 5.72. The maximum Gasteiger partial charge on any atom is 0.132 e. The Hall–Kier alpha value is -2.54. The van der Waals surface area contributed by atoms with E-state index < -0.39 is 0 Å². The third-order valence-corrected chi connectivity index (χ3v) is 3.25. The van der Waals surface area contributed by atoms with Gasteiger partial charge in [0.1, 0.15) is 17.3 Å². The number of nitriles is 1. The first-order valence-electron chi connectivity index (χ1n) is 6.86. The third-order valence-electron chi connectivity index (χ3n) is 3.25. The lowest BCUT2D eigenvalue weighted by Crippen LogP contribution is -2.19. The molecule has 2 N–H and O–H groups in total. The van der Waals surface area contributed by atoms with Gasteiger partial charge in [-0.05, 0) is 12.1 Å². The molecule has 4 heteroatoms. The standard InChI is InChI=1S/C17H20N4/c1-5-9-21-15(19)14(20-16(21)17(2,3)4)13-8-6-7-12(10-13)11-18/h5-8,10H,1,9,19H2,2-4H3. The van der Waals surface area contributed by atoms with Crippen LogP contribution in [-0.4, -0.2) is 9.55 Å². The highest BCUT2D eigenvalue weighted by Crippen LogP contribution is 2.32. The maximum atomic E-state index is 9.03. The number of nitrogens with two attached hydrogens (primary N) is 1. The van der Waals surface area contributed by atoms with E-state index in [1.54, 1.807) is 6.07 Å². The van der Waals surface area contributed by atoms with Gasteiger partial charge in [0, 0.05) is 17.5 Å². The zero-order valence-electron chi connectivity index (χ0n) is 12.7. The van der Waals surface area contributed by atoms with Crippen LogP contribution in [0, 0.1) is 11.3 Å². The molecule has 0 unspecified atom stereocenters. The van der Waals surface area contributed by atoms with E-state index in [0.29, 0.717) is 17.9 Å². The molecule has 4 nitrogen and oxygen atoms in total. The number of hydrogen-bond donors (Lipinski definition) is 1. The largest absolute Gasteiger partial charge is 0.383 e. The second-order valence-corrected chi connectivity index (χ2v) is 6.01. The minimum Gasteiger partial charge on any atom is -0.383 e. The van der Waals surface area contributed by atoms with Gasteiger partial charge in [-0.3, -0.25) is 0 Å². The fraction of sp³-hybridized carbons (Fsp3) is 0.294. The number of nitrogens with zero attached hydrogens (tertiary/aromatic N) is 3. The van der Waals surface area contributed by atoms with Gasteiger partial charge < -0.3 is 10.3 Å². The molecule has 21 heavy (non-hydrogen) atoms. The molecule has 2 aromatic rings. The average Bonchev–Trinajstić information content (AvgIpc) is 2.77. The molecule has 0 aliphatic rings. The summed E-state index contributed by atoms with van der Waals surface area (Å²) in [5.74, 6) is 1.52. The summed E-state index contributed by atoms with van der Waals surface area (Å²) in [6.45, 7) is 10.7. The summed E-state index contributed by atoms with van der Waals surface area (Å²) >= 11 is 0. The Bertz CT molecular complexity index is 711. The van der Waals surface area contributed by atoms with E-state index in [-0.39, 0.29) is 5.41 Å². The van der Waals surface area contributed by atoms with E-state index >= 15 is 0 Å². The molecule has 0 saturated carbocycles. The predicted octanol–water partition coefficient (Wildman–Crippen LogP) is 3.49. The van der Waals surface area contributed by atoms with Crippen molar-refractivity contribution in [2.24, 2.45) is 0 Å². The molecule has 0 aliphatic heterocycles. The van der Waals surface area contributed by atoms with Crippen molar-refractivity contribution in [1.29, 1.82) is 5.26 Å². The van der Waals surface area contributed by atoms with E-state index in [2.05, 4.69) is 33.4 Å². The van der Waals surface area contributed by atoms with Crippen LogP contribution < -0.4 is 5.73 Å². The molecule has 1 aromatic heterocycles. The number of nitrogen functional groups attached to an aromatic ring is 1. The lowest BCUT2D eigenvalue weighted by atomic mass is 9.95. The predicted molar refractivity (Wildman–Crippen MR) is 85.7 cm³/mol. The van der Waals surface area contributed by atoms with Crippen LogP contribution in [0.3, 0.4) is 0 Å². The van der Waals surface area contributed by atoms with Gasteiger partial charge in [-0.1, -0.05) is 39.0 Å². The van der Waals surface area contributed by atoms with Crippen LogP contribution in [0.15, 0.2) is 36.9 Å². The molecule has 0 amide bonds. The summed E-state index contributed by atoms with van der Waals surface area (Å²) in [5, 5.41) is 9.03. The van der Waals surface area contributed by atoms with Crippen LogP contribution >= 0.6 is 0 Å². The number of rotatable bonds is 3. The summed E-state index contributed by atoms with van der Waals surface area (Å²) in [6.07, 6.45) is 1.81. The molecule has 108 valence electrons. The highest BCUT2D eigenvalue weighted by Gasteiger charge is 2.25. The average molecular weight is 280 g/mol. The molecule has 0 aliphatic carbocycles. The summed E-state index contributed by atoms with van der Waals surface area (Å²) < 4.78 is 1.97. The zero-order valence-corrected chi connectivity index (χ0v) is 12.7. The van der Waals surface area contributed by atoms with E-state index in [0.717, 1.165) is 17.1 Å². The fourth-order valence-electron chi connectivity index (χ4n) is 2.30. The van der Waals surface area contributed by atoms with Crippen molar-refractivity contribution < 1.29 is 0 Å². The Morgan fingerprint density at radius 2 is 2.14 bits per heavy atom. The SMILES string of the molecule is C=CCn1c(C(C)(C)C)nc(-c2cccc(C#N)c2)c1N. The summed E-state index contributed by atoms with van der Waals surface area (Å²) in [6, 6.07) is 9.48. The first-order chi connectivity index (χ1) is 9.88. The number of hydrogen-bond acceptors (Lipinski definition) is 3. The van der Waals surface area contributed by atoms with E-state index in [4.69, 9.17) is 16.0 Å². The lowest BCUT2D eigenvalue weighted by Gasteiger charge is -2.19.